The normalized spacial score (nSPS) is 14.3. The van der Waals surface area contributed by atoms with Gasteiger partial charge in [0.1, 0.15) is 0 Å². The highest BCUT2D eigenvalue weighted by Crippen LogP contribution is 2.56. The molecule has 0 fully saturated rings. The molecule has 2 aromatic rings. The first kappa shape index (κ1) is 23.1. The standard InChI is InChI=1S/C21H41N2PSi3/c1-20(2,3)22-19(18-16-14-13-15-17-18)23(21(4,5)6)25(22)24(26(7,8)9)27(10,11)12/h13-17H,1-12H3. The van der Waals surface area contributed by atoms with Crippen LogP contribution in [0.4, 0.5) is 0 Å². The van der Waals surface area contributed by atoms with Crippen LogP contribution in [0.15, 0.2) is 30.3 Å². The van der Waals surface area contributed by atoms with Crippen molar-refractivity contribution in [3.8, 4) is 11.4 Å². The molecule has 152 valence electrons. The van der Waals surface area contributed by atoms with E-state index >= 15 is 0 Å². The van der Waals surface area contributed by atoms with Gasteiger partial charge in [-0.1, -0.05) is 57.5 Å². The Morgan fingerprint density at radius 2 is 1.26 bits per heavy atom. The van der Waals surface area contributed by atoms with E-state index in [2.05, 4.69) is 120 Å². The molecule has 2 rings (SSSR count). The van der Waals surface area contributed by atoms with Crippen molar-refractivity contribution >= 4 is 30.5 Å². The number of hydrogen-bond acceptors (Lipinski definition) is 0. The summed E-state index contributed by atoms with van der Waals surface area (Å²) in [4.78, 5) is 0. The van der Waals surface area contributed by atoms with Crippen molar-refractivity contribution in [1.29, 1.82) is 0 Å². The van der Waals surface area contributed by atoms with Crippen molar-refractivity contribution in [1.82, 2.24) is 4.22 Å². The lowest BCUT2D eigenvalue weighted by atomic mass is 10.1. The average molecular weight is 437 g/mol. The van der Waals surface area contributed by atoms with E-state index in [1.165, 1.54) is 11.4 Å². The third kappa shape index (κ3) is 4.68. The van der Waals surface area contributed by atoms with Gasteiger partial charge in [0.25, 0.3) is 0 Å². The van der Waals surface area contributed by atoms with Gasteiger partial charge in [-0.3, -0.25) is 0 Å². The number of aromatic nitrogens is 2. The zero-order chi connectivity index (χ0) is 21.0. The van der Waals surface area contributed by atoms with Crippen LogP contribution in [0, 0.1) is 0 Å². The second-order valence-corrected chi connectivity index (χ2v) is 39.8. The molecular weight excluding hydrogens is 395 g/mol. The summed E-state index contributed by atoms with van der Waals surface area (Å²) < 4.78 is 5.78. The van der Waals surface area contributed by atoms with Crippen molar-refractivity contribution in [3.05, 3.63) is 30.3 Å². The fourth-order valence-electron chi connectivity index (χ4n) is 4.23. The lowest BCUT2D eigenvalue weighted by molar-refractivity contribution is -0.711. The van der Waals surface area contributed by atoms with E-state index in [1.54, 1.807) is 0 Å². The maximum atomic E-state index is 2.89. The van der Waals surface area contributed by atoms with Gasteiger partial charge in [-0.2, -0.15) is 0 Å². The third-order valence-electron chi connectivity index (χ3n) is 4.74. The van der Waals surface area contributed by atoms with E-state index < -0.39 is 23.9 Å². The molecule has 6 heteroatoms. The number of benzene rings is 1. The Morgan fingerprint density at radius 3 is 1.59 bits per heavy atom. The lowest BCUT2D eigenvalue weighted by Crippen LogP contribution is -2.71. The molecule has 1 aromatic heterocycles. The first-order valence-corrected chi connectivity index (χ1v) is 22.4. The largest absolute Gasteiger partial charge is 0.426 e. The van der Waals surface area contributed by atoms with Gasteiger partial charge >= 0.3 is 0 Å². The molecule has 0 amide bonds. The molecule has 1 aromatic carbocycles. The Balaban J connectivity index is 2.93. The Kier molecular flexibility index (Phi) is 6.17. The van der Waals surface area contributed by atoms with Gasteiger partial charge in [0.15, 0.2) is 5.82 Å². The Morgan fingerprint density at radius 1 is 0.815 bits per heavy atom. The highest BCUT2D eigenvalue weighted by atomic mass is 31.8. The van der Waals surface area contributed by atoms with E-state index in [0.29, 0.717) is 0 Å². The summed E-state index contributed by atoms with van der Waals surface area (Å²) in [6.45, 7) is 30.4. The van der Waals surface area contributed by atoms with Gasteiger partial charge in [0.05, 0.1) is 8.40 Å². The van der Waals surface area contributed by atoms with Crippen LogP contribution in [0.25, 0.3) is 11.4 Å². The molecule has 0 atom stereocenters. The predicted molar refractivity (Wildman–Crippen MR) is 131 cm³/mol. The summed E-state index contributed by atoms with van der Waals surface area (Å²) in [5, 5.41) is 0. The molecule has 0 unspecified atom stereocenters. The predicted octanol–water partition coefficient (Wildman–Crippen LogP) is 6.61. The zero-order valence-electron chi connectivity index (χ0n) is 19.7. The molecule has 0 radical (unpaired) electrons. The minimum absolute atomic E-state index is 0.0692. The van der Waals surface area contributed by atoms with E-state index in [4.69, 9.17) is 0 Å². The van der Waals surface area contributed by atoms with Crippen molar-refractivity contribution in [2.24, 2.45) is 0 Å². The molecule has 0 bridgehead atoms. The summed E-state index contributed by atoms with van der Waals surface area (Å²) in [7, 11) is -3.27. The van der Waals surface area contributed by atoms with E-state index in [9.17, 15) is 0 Å². The number of rotatable bonds is 4. The smallest absolute Gasteiger partial charge is 0.152 e. The second kappa shape index (κ2) is 7.23. The molecule has 2 nitrogen and oxygen atoms in total. The fourth-order valence-corrected chi connectivity index (χ4v) is 55.7. The quantitative estimate of drug-likeness (QED) is 0.376. The van der Waals surface area contributed by atoms with Crippen LogP contribution in [-0.4, -0.2) is 28.1 Å². The summed E-state index contributed by atoms with van der Waals surface area (Å²) in [5.41, 5.74) is 1.72. The van der Waals surface area contributed by atoms with E-state index in [0.717, 1.165) is 0 Å². The van der Waals surface area contributed by atoms with Crippen LogP contribution < -0.4 is 4.22 Å². The molecule has 0 aliphatic heterocycles. The SMILES string of the molecule is CC(C)(C)n1c(-c2ccccc2)[n+](C(C)(C)C)[si-]1P([Si](C)(C)C)[Si](C)(C)C. The minimum atomic E-state index is -1.25. The van der Waals surface area contributed by atoms with E-state index in [-0.39, 0.29) is 17.6 Å². The van der Waals surface area contributed by atoms with Crippen LogP contribution in [0.1, 0.15) is 41.5 Å². The topological polar surface area (TPSA) is 8.81 Å². The molecular formula is C21H41N2PSi3. The molecule has 0 aliphatic carbocycles. The number of hydrogen-bond donors (Lipinski definition) is 0. The molecule has 0 saturated heterocycles. The van der Waals surface area contributed by atoms with Gasteiger partial charge in [0.2, 0.25) is 0 Å². The molecule has 0 N–H and O–H groups in total. The second-order valence-electron chi connectivity index (χ2n) is 11.7. The Bertz CT molecular complexity index is 735. The van der Waals surface area contributed by atoms with Crippen LogP contribution in [-0.2, 0) is 11.1 Å². The number of nitrogens with zero attached hydrogens (tertiary/aromatic N) is 2. The average Bonchev–Trinajstić information content (AvgIpc) is 2.37. The van der Waals surface area contributed by atoms with Gasteiger partial charge < -0.3 is 8.44 Å². The zero-order valence-corrected chi connectivity index (χ0v) is 23.6. The highest BCUT2D eigenvalue weighted by Gasteiger charge is 2.42. The van der Waals surface area contributed by atoms with Gasteiger partial charge in [-0.05, 0) is 53.7 Å². The van der Waals surface area contributed by atoms with Crippen LogP contribution in [0.5, 0.6) is 0 Å². The summed E-state index contributed by atoms with van der Waals surface area (Å²) in [5.74, 6) is 1.48. The summed E-state index contributed by atoms with van der Waals surface area (Å²) >= 11 is 0. The molecule has 0 saturated carbocycles. The summed E-state index contributed by atoms with van der Waals surface area (Å²) in [6, 6.07) is 11.1. The molecule has 0 spiro atoms. The highest BCUT2D eigenvalue weighted by molar-refractivity contribution is 8.33. The first-order chi connectivity index (χ1) is 12.0. The Hall–Kier alpha value is -0.229. The molecule has 0 aliphatic rings. The Labute approximate surface area is 172 Å². The maximum Gasteiger partial charge on any atom is 0.152 e. The van der Waals surface area contributed by atoms with Crippen LogP contribution in [0.3, 0.4) is 0 Å². The maximum absolute atomic E-state index is 2.89. The van der Waals surface area contributed by atoms with Crippen molar-refractivity contribution in [2.45, 2.75) is 91.9 Å². The van der Waals surface area contributed by atoms with Crippen molar-refractivity contribution < 1.29 is 4.22 Å². The molecule has 1 heterocycles. The van der Waals surface area contributed by atoms with Crippen molar-refractivity contribution in [2.75, 3.05) is 0 Å². The van der Waals surface area contributed by atoms with E-state index in [1.807, 2.05) is 0 Å². The van der Waals surface area contributed by atoms with Gasteiger partial charge in [-0.25, -0.2) is 6.57 Å². The molecule has 27 heavy (non-hydrogen) atoms. The fraction of sp³-hybridized carbons (Fsp3) is 0.667. The van der Waals surface area contributed by atoms with Crippen LogP contribution in [0.2, 0.25) is 39.3 Å². The van der Waals surface area contributed by atoms with Gasteiger partial charge in [-0.15, -0.1) is 0 Å². The van der Waals surface area contributed by atoms with Crippen LogP contribution >= 0.6 is 6.57 Å². The van der Waals surface area contributed by atoms with Crippen molar-refractivity contribution in [3.63, 3.8) is 0 Å². The summed E-state index contributed by atoms with van der Waals surface area (Å²) in [6.07, 6.45) is 0. The lowest BCUT2D eigenvalue weighted by Gasteiger charge is -2.56. The van der Waals surface area contributed by atoms with Gasteiger partial charge in [0, 0.05) is 32.1 Å². The first-order valence-electron chi connectivity index (χ1n) is 10.2. The third-order valence-corrected chi connectivity index (χ3v) is 48.6. The minimum Gasteiger partial charge on any atom is -0.426 e. The monoisotopic (exact) mass is 436 g/mol.